The van der Waals surface area contributed by atoms with Crippen molar-refractivity contribution < 1.29 is 19.5 Å². The van der Waals surface area contributed by atoms with Gasteiger partial charge in [0.2, 0.25) is 0 Å². The minimum absolute atomic E-state index is 0.0662. The Morgan fingerprint density at radius 1 is 0.750 bits per heavy atom. The lowest BCUT2D eigenvalue weighted by Crippen LogP contribution is -2.17. The molecule has 3 aromatic rings. The second-order valence-corrected chi connectivity index (χ2v) is 6.15. The molecule has 0 saturated carbocycles. The predicted molar refractivity (Wildman–Crippen MR) is 107 cm³/mol. The standard InChI is InChI=1S/C22H18N2O4/c1-14-13-16(23-21(26)17-9-5-6-10-18(17)22(27)28)11-12-19(14)24-20(25)15-7-3-2-4-8-15/h2-13H,1H3,(H,23,26)(H,24,25)(H,27,28). The highest BCUT2D eigenvalue weighted by molar-refractivity contribution is 6.11. The molecule has 3 rings (SSSR count). The Morgan fingerprint density at radius 3 is 2.04 bits per heavy atom. The van der Waals surface area contributed by atoms with E-state index in [4.69, 9.17) is 0 Å². The van der Waals surface area contributed by atoms with Gasteiger partial charge in [-0.15, -0.1) is 0 Å². The van der Waals surface area contributed by atoms with Crippen molar-refractivity contribution in [3.05, 3.63) is 95.1 Å². The van der Waals surface area contributed by atoms with Gasteiger partial charge in [0.25, 0.3) is 11.8 Å². The minimum atomic E-state index is -1.17. The first kappa shape index (κ1) is 18.8. The quantitative estimate of drug-likeness (QED) is 0.624. The third kappa shape index (κ3) is 4.24. The molecule has 0 bridgehead atoms. The maximum atomic E-state index is 12.5. The summed E-state index contributed by atoms with van der Waals surface area (Å²) in [7, 11) is 0. The third-order valence-electron chi connectivity index (χ3n) is 4.17. The molecule has 0 saturated heterocycles. The Morgan fingerprint density at radius 2 is 1.39 bits per heavy atom. The van der Waals surface area contributed by atoms with E-state index in [1.807, 2.05) is 13.0 Å². The van der Waals surface area contributed by atoms with Crippen LogP contribution in [0.25, 0.3) is 0 Å². The molecular formula is C22H18N2O4. The monoisotopic (exact) mass is 374 g/mol. The Bertz CT molecular complexity index is 1050. The first-order valence-electron chi connectivity index (χ1n) is 8.56. The lowest BCUT2D eigenvalue weighted by Gasteiger charge is -2.12. The average molecular weight is 374 g/mol. The normalized spacial score (nSPS) is 10.2. The predicted octanol–water partition coefficient (Wildman–Crippen LogP) is 4.20. The zero-order chi connectivity index (χ0) is 20.1. The van der Waals surface area contributed by atoms with Gasteiger partial charge in [-0.1, -0.05) is 30.3 Å². The van der Waals surface area contributed by atoms with Crippen molar-refractivity contribution in [2.45, 2.75) is 6.92 Å². The summed E-state index contributed by atoms with van der Waals surface area (Å²) in [4.78, 5) is 36.0. The van der Waals surface area contributed by atoms with E-state index >= 15 is 0 Å². The molecule has 28 heavy (non-hydrogen) atoms. The molecule has 0 unspecified atom stereocenters. The van der Waals surface area contributed by atoms with Crippen LogP contribution in [0.2, 0.25) is 0 Å². The van der Waals surface area contributed by atoms with Gasteiger partial charge in [0.1, 0.15) is 0 Å². The van der Waals surface area contributed by atoms with E-state index in [9.17, 15) is 19.5 Å². The third-order valence-corrected chi connectivity index (χ3v) is 4.17. The topological polar surface area (TPSA) is 95.5 Å². The average Bonchev–Trinajstić information content (AvgIpc) is 2.70. The van der Waals surface area contributed by atoms with Gasteiger partial charge in [0.15, 0.2) is 0 Å². The smallest absolute Gasteiger partial charge is 0.336 e. The van der Waals surface area contributed by atoms with Crippen LogP contribution in [0, 0.1) is 6.92 Å². The molecule has 3 N–H and O–H groups in total. The summed E-state index contributed by atoms with van der Waals surface area (Å²) < 4.78 is 0. The molecular weight excluding hydrogens is 356 g/mol. The number of aryl methyl sites for hydroxylation is 1. The lowest BCUT2D eigenvalue weighted by atomic mass is 10.1. The van der Waals surface area contributed by atoms with Crippen molar-refractivity contribution in [2.24, 2.45) is 0 Å². The molecule has 0 radical (unpaired) electrons. The summed E-state index contributed by atoms with van der Waals surface area (Å²) in [5.41, 5.74) is 2.44. The van der Waals surface area contributed by atoms with Crippen molar-refractivity contribution >= 4 is 29.2 Å². The number of carbonyl (C=O) groups excluding carboxylic acids is 2. The fraction of sp³-hybridized carbons (Fsp3) is 0.0455. The van der Waals surface area contributed by atoms with Gasteiger partial charge in [-0.25, -0.2) is 4.79 Å². The molecule has 6 heteroatoms. The molecule has 0 aliphatic carbocycles. The number of benzene rings is 3. The summed E-state index contributed by atoms with van der Waals surface area (Å²) in [6.45, 7) is 1.81. The lowest BCUT2D eigenvalue weighted by molar-refractivity contribution is 0.0692. The van der Waals surface area contributed by atoms with E-state index in [1.54, 1.807) is 54.6 Å². The first-order valence-corrected chi connectivity index (χ1v) is 8.56. The number of carboxylic acid groups (broad SMARTS) is 1. The van der Waals surface area contributed by atoms with Crippen LogP contribution in [-0.4, -0.2) is 22.9 Å². The van der Waals surface area contributed by atoms with Gasteiger partial charge in [0.05, 0.1) is 11.1 Å². The SMILES string of the molecule is Cc1cc(NC(=O)c2ccccc2C(=O)O)ccc1NC(=O)c1ccccc1. The Labute approximate surface area is 161 Å². The number of anilines is 2. The van der Waals surface area contributed by atoms with E-state index < -0.39 is 11.9 Å². The van der Waals surface area contributed by atoms with Crippen molar-refractivity contribution in [1.29, 1.82) is 0 Å². The van der Waals surface area contributed by atoms with E-state index in [0.29, 0.717) is 16.9 Å². The molecule has 0 aliphatic rings. The van der Waals surface area contributed by atoms with Gasteiger partial charge in [-0.3, -0.25) is 9.59 Å². The van der Waals surface area contributed by atoms with Crippen LogP contribution in [0.3, 0.4) is 0 Å². The number of hydrogen-bond acceptors (Lipinski definition) is 3. The fourth-order valence-electron chi connectivity index (χ4n) is 2.73. The van der Waals surface area contributed by atoms with Crippen LogP contribution in [0.1, 0.15) is 36.6 Å². The largest absolute Gasteiger partial charge is 0.478 e. The summed E-state index contributed by atoms with van der Waals surface area (Å²) in [5.74, 6) is -1.91. The van der Waals surface area contributed by atoms with Gasteiger partial charge >= 0.3 is 5.97 Å². The molecule has 6 nitrogen and oxygen atoms in total. The number of rotatable bonds is 5. The number of nitrogens with one attached hydrogen (secondary N) is 2. The second-order valence-electron chi connectivity index (χ2n) is 6.15. The zero-order valence-electron chi connectivity index (χ0n) is 15.1. The van der Waals surface area contributed by atoms with Crippen molar-refractivity contribution in [1.82, 2.24) is 0 Å². The van der Waals surface area contributed by atoms with Crippen LogP contribution < -0.4 is 10.6 Å². The Balaban J connectivity index is 1.75. The van der Waals surface area contributed by atoms with Crippen molar-refractivity contribution in [2.75, 3.05) is 10.6 Å². The molecule has 2 amide bonds. The van der Waals surface area contributed by atoms with Gasteiger partial charge in [-0.05, 0) is 55.0 Å². The molecule has 3 aromatic carbocycles. The minimum Gasteiger partial charge on any atom is -0.478 e. The summed E-state index contributed by atoms with van der Waals surface area (Å²) in [6, 6.07) is 19.9. The van der Waals surface area contributed by atoms with Crippen LogP contribution in [0.4, 0.5) is 11.4 Å². The molecule has 0 aliphatic heterocycles. The highest BCUT2D eigenvalue weighted by atomic mass is 16.4. The molecule has 140 valence electrons. The second kappa shape index (κ2) is 8.18. The molecule has 0 heterocycles. The maximum absolute atomic E-state index is 12.5. The fourth-order valence-corrected chi connectivity index (χ4v) is 2.73. The highest BCUT2D eigenvalue weighted by Gasteiger charge is 2.16. The number of carboxylic acids is 1. The summed E-state index contributed by atoms with van der Waals surface area (Å²) in [5, 5.41) is 14.7. The summed E-state index contributed by atoms with van der Waals surface area (Å²) in [6.07, 6.45) is 0. The molecule has 0 atom stereocenters. The zero-order valence-corrected chi connectivity index (χ0v) is 15.1. The Hall–Kier alpha value is -3.93. The summed E-state index contributed by atoms with van der Waals surface area (Å²) >= 11 is 0. The van der Waals surface area contributed by atoms with E-state index in [2.05, 4.69) is 10.6 Å². The van der Waals surface area contributed by atoms with Crippen molar-refractivity contribution in [3.63, 3.8) is 0 Å². The van der Waals surface area contributed by atoms with Crippen LogP contribution in [0.5, 0.6) is 0 Å². The van der Waals surface area contributed by atoms with Crippen LogP contribution in [-0.2, 0) is 0 Å². The number of hydrogen-bond donors (Lipinski definition) is 3. The maximum Gasteiger partial charge on any atom is 0.336 e. The number of aromatic carboxylic acids is 1. The molecule has 0 aromatic heterocycles. The van der Waals surface area contributed by atoms with Gasteiger partial charge in [-0.2, -0.15) is 0 Å². The van der Waals surface area contributed by atoms with E-state index in [0.717, 1.165) is 5.56 Å². The van der Waals surface area contributed by atoms with Crippen LogP contribution in [0.15, 0.2) is 72.8 Å². The van der Waals surface area contributed by atoms with Gasteiger partial charge in [0, 0.05) is 16.9 Å². The Kier molecular flexibility index (Phi) is 5.50. The number of amides is 2. The highest BCUT2D eigenvalue weighted by Crippen LogP contribution is 2.21. The first-order chi connectivity index (χ1) is 13.5. The number of carbonyl (C=O) groups is 3. The van der Waals surface area contributed by atoms with Crippen LogP contribution >= 0.6 is 0 Å². The van der Waals surface area contributed by atoms with E-state index in [1.165, 1.54) is 12.1 Å². The molecule has 0 spiro atoms. The van der Waals surface area contributed by atoms with Crippen molar-refractivity contribution in [3.8, 4) is 0 Å². The van der Waals surface area contributed by atoms with Gasteiger partial charge < -0.3 is 15.7 Å². The van der Waals surface area contributed by atoms with E-state index in [-0.39, 0.29) is 17.0 Å². The molecule has 0 fully saturated rings.